The second-order valence-corrected chi connectivity index (χ2v) is 5.03. The Hall–Kier alpha value is -1.35. The third-order valence-electron chi connectivity index (χ3n) is 3.33. The van der Waals surface area contributed by atoms with Crippen LogP contribution in [0.4, 0.5) is 0 Å². The Morgan fingerprint density at radius 3 is 2.70 bits per heavy atom. The first-order valence-electron chi connectivity index (χ1n) is 7.50. The van der Waals surface area contributed by atoms with Gasteiger partial charge in [-0.1, -0.05) is 38.8 Å². The van der Waals surface area contributed by atoms with E-state index in [2.05, 4.69) is 13.8 Å². The average molecular weight is 278 g/mol. The second kappa shape index (κ2) is 9.54. The van der Waals surface area contributed by atoms with Gasteiger partial charge >= 0.3 is 5.97 Å². The van der Waals surface area contributed by atoms with Gasteiger partial charge < -0.3 is 9.47 Å². The van der Waals surface area contributed by atoms with Gasteiger partial charge in [-0.05, 0) is 37.0 Å². The van der Waals surface area contributed by atoms with Gasteiger partial charge in [-0.25, -0.2) is 4.79 Å². The number of rotatable bonds is 9. The Bertz CT molecular complexity index is 401. The van der Waals surface area contributed by atoms with Gasteiger partial charge in [-0.2, -0.15) is 0 Å². The van der Waals surface area contributed by atoms with Crippen molar-refractivity contribution in [1.82, 2.24) is 0 Å². The van der Waals surface area contributed by atoms with E-state index in [1.165, 1.54) is 0 Å². The number of carbonyl (C=O) groups is 1. The average Bonchev–Trinajstić information content (AvgIpc) is 2.47. The lowest BCUT2D eigenvalue weighted by molar-refractivity contribution is 0.00240. The lowest BCUT2D eigenvalue weighted by Crippen LogP contribution is -2.23. The predicted octanol–water partition coefficient (Wildman–Crippen LogP) is 4.00. The van der Waals surface area contributed by atoms with Gasteiger partial charge in [-0.3, -0.25) is 0 Å². The standard InChI is InChI=1S/C17H26O3/c1-4-6-7-11-16(13-19-3)20-17(18)15-10-8-9-14(5-2)12-15/h8-10,12,16H,4-7,11,13H2,1-3H3. The zero-order valence-corrected chi connectivity index (χ0v) is 12.9. The molecule has 0 aliphatic heterocycles. The molecule has 0 aliphatic rings. The van der Waals surface area contributed by atoms with E-state index < -0.39 is 0 Å². The molecule has 0 saturated carbocycles. The summed E-state index contributed by atoms with van der Waals surface area (Å²) < 4.78 is 10.7. The van der Waals surface area contributed by atoms with Crippen molar-refractivity contribution in [3.05, 3.63) is 35.4 Å². The molecule has 0 aliphatic carbocycles. The molecule has 1 aromatic carbocycles. The van der Waals surface area contributed by atoms with Gasteiger partial charge in [0.15, 0.2) is 0 Å². The van der Waals surface area contributed by atoms with Crippen molar-refractivity contribution >= 4 is 5.97 Å². The molecule has 3 heteroatoms. The number of ether oxygens (including phenoxy) is 2. The van der Waals surface area contributed by atoms with Crippen molar-refractivity contribution in [2.45, 2.75) is 52.1 Å². The number of hydrogen-bond acceptors (Lipinski definition) is 3. The molecule has 0 spiro atoms. The zero-order chi connectivity index (χ0) is 14.8. The van der Waals surface area contributed by atoms with E-state index >= 15 is 0 Å². The number of aryl methyl sites for hydroxylation is 1. The smallest absolute Gasteiger partial charge is 0.338 e. The number of unbranched alkanes of at least 4 members (excludes halogenated alkanes) is 2. The van der Waals surface area contributed by atoms with Crippen molar-refractivity contribution < 1.29 is 14.3 Å². The molecule has 0 fully saturated rings. The monoisotopic (exact) mass is 278 g/mol. The highest BCUT2D eigenvalue weighted by Gasteiger charge is 2.15. The lowest BCUT2D eigenvalue weighted by atomic mass is 10.1. The summed E-state index contributed by atoms with van der Waals surface area (Å²) in [7, 11) is 1.64. The first-order chi connectivity index (χ1) is 9.71. The molecule has 0 N–H and O–H groups in total. The van der Waals surface area contributed by atoms with E-state index in [0.717, 1.165) is 37.7 Å². The molecule has 0 aromatic heterocycles. The molecular weight excluding hydrogens is 252 g/mol. The summed E-state index contributed by atoms with van der Waals surface area (Å²) in [5.41, 5.74) is 1.77. The number of benzene rings is 1. The third-order valence-corrected chi connectivity index (χ3v) is 3.33. The van der Waals surface area contributed by atoms with E-state index in [1.807, 2.05) is 18.2 Å². The van der Waals surface area contributed by atoms with Gasteiger partial charge in [0.1, 0.15) is 6.10 Å². The fourth-order valence-corrected chi connectivity index (χ4v) is 2.12. The second-order valence-electron chi connectivity index (χ2n) is 5.03. The van der Waals surface area contributed by atoms with Gasteiger partial charge in [-0.15, -0.1) is 0 Å². The zero-order valence-electron chi connectivity index (χ0n) is 12.9. The Balaban J connectivity index is 2.59. The Labute approximate surface area is 122 Å². The summed E-state index contributed by atoms with van der Waals surface area (Å²) in [5.74, 6) is -0.251. The van der Waals surface area contributed by atoms with Crippen LogP contribution in [-0.4, -0.2) is 25.8 Å². The number of methoxy groups -OCH3 is 1. The topological polar surface area (TPSA) is 35.5 Å². The van der Waals surface area contributed by atoms with Crippen LogP contribution in [0.25, 0.3) is 0 Å². The summed E-state index contributed by atoms with van der Waals surface area (Å²) in [6, 6.07) is 7.62. The van der Waals surface area contributed by atoms with Crippen molar-refractivity contribution in [2.24, 2.45) is 0 Å². The molecule has 3 nitrogen and oxygen atoms in total. The molecule has 1 rings (SSSR count). The highest BCUT2D eigenvalue weighted by Crippen LogP contribution is 2.12. The Morgan fingerprint density at radius 1 is 1.25 bits per heavy atom. The SMILES string of the molecule is CCCCCC(COC)OC(=O)c1cccc(CC)c1. The molecule has 0 heterocycles. The molecular formula is C17H26O3. The first kappa shape index (κ1) is 16.7. The molecule has 20 heavy (non-hydrogen) atoms. The maximum atomic E-state index is 12.2. The summed E-state index contributed by atoms with van der Waals surface area (Å²) in [5, 5.41) is 0. The van der Waals surface area contributed by atoms with Crippen LogP contribution in [0.2, 0.25) is 0 Å². The highest BCUT2D eigenvalue weighted by atomic mass is 16.6. The van der Waals surface area contributed by atoms with Crippen molar-refractivity contribution in [3.63, 3.8) is 0 Å². The first-order valence-corrected chi connectivity index (χ1v) is 7.50. The van der Waals surface area contributed by atoms with Gasteiger partial charge in [0.2, 0.25) is 0 Å². The highest BCUT2D eigenvalue weighted by molar-refractivity contribution is 5.89. The van der Waals surface area contributed by atoms with Crippen LogP contribution in [0.5, 0.6) is 0 Å². The molecule has 112 valence electrons. The normalized spacial score (nSPS) is 12.2. The summed E-state index contributed by atoms with van der Waals surface area (Å²) in [4.78, 5) is 12.2. The van der Waals surface area contributed by atoms with Crippen LogP contribution >= 0.6 is 0 Å². The molecule has 0 saturated heterocycles. The Morgan fingerprint density at radius 2 is 2.05 bits per heavy atom. The quantitative estimate of drug-likeness (QED) is 0.506. The molecule has 1 atom stereocenters. The minimum Gasteiger partial charge on any atom is -0.456 e. The van der Waals surface area contributed by atoms with E-state index in [-0.39, 0.29) is 12.1 Å². The molecule has 0 amide bonds. The van der Waals surface area contributed by atoms with Crippen LogP contribution in [0.15, 0.2) is 24.3 Å². The van der Waals surface area contributed by atoms with Gasteiger partial charge in [0.25, 0.3) is 0 Å². The number of esters is 1. The molecule has 1 aromatic rings. The predicted molar refractivity (Wildman–Crippen MR) is 81.0 cm³/mol. The molecule has 1 unspecified atom stereocenters. The number of hydrogen-bond donors (Lipinski definition) is 0. The maximum absolute atomic E-state index is 12.2. The Kier molecular flexibility index (Phi) is 7.97. The van der Waals surface area contributed by atoms with Crippen LogP contribution in [-0.2, 0) is 15.9 Å². The fourth-order valence-electron chi connectivity index (χ4n) is 2.12. The lowest BCUT2D eigenvalue weighted by Gasteiger charge is -2.17. The minimum absolute atomic E-state index is 0.149. The summed E-state index contributed by atoms with van der Waals surface area (Å²) >= 11 is 0. The van der Waals surface area contributed by atoms with E-state index in [0.29, 0.717) is 12.2 Å². The van der Waals surface area contributed by atoms with E-state index in [1.54, 1.807) is 13.2 Å². The van der Waals surface area contributed by atoms with Crippen molar-refractivity contribution in [2.75, 3.05) is 13.7 Å². The minimum atomic E-state index is -0.251. The van der Waals surface area contributed by atoms with Crippen LogP contribution < -0.4 is 0 Å². The van der Waals surface area contributed by atoms with E-state index in [9.17, 15) is 4.79 Å². The fraction of sp³-hybridized carbons (Fsp3) is 0.588. The van der Waals surface area contributed by atoms with Crippen molar-refractivity contribution in [1.29, 1.82) is 0 Å². The van der Waals surface area contributed by atoms with Crippen LogP contribution in [0.1, 0.15) is 55.5 Å². The number of carbonyl (C=O) groups excluding carboxylic acids is 1. The third kappa shape index (κ3) is 5.74. The van der Waals surface area contributed by atoms with Crippen LogP contribution in [0, 0.1) is 0 Å². The molecule has 0 bridgehead atoms. The van der Waals surface area contributed by atoms with E-state index in [4.69, 9.17) is 9.47 Å². The van der Waals surface area contributed by atoms with Gasteiger partial charge in [0, 0.05) is 7.11 Å². The van der Waals surface area contributed by atoms with Crippen LogP contribution in [0.3, 0.4) is 0 Å². The summed E-state index contributed by atoms with van der Waals surface area (Å²) in [6.07, 6.45) is 5.01. The van der Waals surface area contributed by atoms with Gasteiger partial charge in [0.05, 0.1) is 12.2 Å². The molecule has 0 radical (unpaired) electrons. The largest absolute Gasteiger partial charge is 0.456 e. The maximum Gasteiger partial charge on any atom is 0.338 e. The van der Waals surface area contributed by atoms with Crippen molar-refractivity contribution in [3.8, 4) is 0 Å². The summed E-state index contributed by atoms with van der Waals surface area (Å²) in [6.45, 7) is 4.69.